The first-order valence-electron chi connectivity index (χ1n) is 5.72. The minimum Gasteiger partial charge on any atom is -0.381 e. The van der Waals surface area contributed by atoms with Crippen LogP contribution in [0.1, 0.15) is 18.5 Å². The molecule has 2 heterocycles. The third-order valence-electron chi connectivity index (χ3n) is 2.97. The van der Waals surface area contributed by atoms with Crippen molar-refractivity contribution in [2.24, 2.45) is 0 Å². The number of amides is 2. The van der Waals surface area contributed by atoms with E-state index in [4.69, 9.17) is 4.74 Å². The molecule has 94 valence electrons. The fourth-order valence-corrected chi connectivity index (χ4v) is 2.46. The number of thiazole rings is 1. The number of aromatic nitrogens is 1. The summed E-state index contributed by atoms with van der Waals surface area (Å²) >= 11 is 1.54. The van der Waals surface area contributed by atoms with Gasteiger partial charge in [-0.05, 0) is 12.8 Å². The van der Waals surface area contributed by atoms with Crippen LogP contribution in [0.2, 0.25) is 0 Å². The number of ether oxygens (including phenoxy) is 1. The molecule has 0 radical (unpaired) electrons. The second kappa shape index (κ2) is 5.97. The van der Waals surface area contributed by atoms with Crippen molar-refractivity contribution in [1.82, 2.24) is 15.2 Å². The molecule has 5 nitrogen and oxygen atoms in total. The van der Waals surface area contributed by atoms with E-state index in [0.29, 0.717) is 12.6 Å². The summed E-state index contributed by atoms with van der Waals surface area (Å²) in [5.74, 6) is 0. The molecule has 0 unspecified atom stereocenters. The summed E-state index contributed by atoms with van der Waals surface area (Å²) in [6.07, 6.45) is 2.14. The van der Waals surface area contributed by atoms with Crippen molar-refractivity contribution in [3.8, 4) is 0 Å². The van der Waals surface area contributed by atoms with E-state index in [-0.39, 0.29) is 6.03 Å². The Kier molecular flexibility index (Phi) is 4.33. The molecule has 1 aromatic heterocycles. The van der Waals surface area contributed by atoms with Crippen LogP contribution in [-0.2, 0) is 11.3 Å². The number of hydrogen-bond acceptors (Lipinski definition) is 4. The lowest BCUT2D eigenvalue weighted by Crippen LogP contribution is -2.45. The molecule has 0 aliphatic carbocycles. The van der Waals surface area contributed by atoms with Gasteiger partial charge in [0.25, 0.3) is 0 Å². The summed E-state index contributed by atoms with van der Waals surface area (Å²) in [4.78, 5) is 17.8. The highest BCUT2D eigenvalue weighted by Gasteiger charge is 2.22. The summed E-state index contributed by atoms with van der Waals surface area (Å²) in [6.45, 7) is 2.04. The number of nitrogens with one attached hydrogen (secondary N) is 1. The van der Waals surface area contributed by atoms with Crippen LogP contribution in [0, 0.1) is 0 Å². The Hall–Kier alpha value is -1.14. The first-order valence-corrected chi connectivity index (χ1v) is 6.66. The van der Waals surface area contributed by atoms with E-state index >= 15 is 0 Å². The van der Waals surface area contributed by atoms with E-state index in [1.54, 1.807) is 12.6 Å². The molecule has 1 saturated heterocycles. The predicted molar refractivity (Wildman–Crippen MR) is 66.0 cm³/mol. The van der Waals surface area contributed by atoms with Gasteiger partial charge < -0.3 is 15.0 Å². The highest BCUT2D eigenvalue weighted by molar-refractivity contribution is 7.07. The largest absolute Gasteiger partial charge is 0.381 e. The van der Waals surface area contributed by atoms with Crippen molar-refractivity contribution in [1.29, 1.82) is 0 Å². The fourth-order valence-electron chi connectivity index (χ4n) is 1.90. The normalized spacial score (nSPS) is 17.1. The lowest BCUT2D eigenvalue weighted by atomic mass is 10.1. The zero-order valence-electron chi connectivity index (χ0n) is 9.89. The molecule has 2 rings (SSSR count). The molecular formula is C11H17N3O2S. The van der Waals surface area contributed by atoms with Crippen molar-refractivity contribution in [2.75, 3.05) is 20.2 Å². The molecule has 1 aromatic rings. The molecule has 17 heavy (non-hydrogen) atoms. The number of piperidine rings is 1. The van der Waals surface area contributed by atoms with Gasteiger partial charge >= 0.3 is 6.03 Å². The predicted octanol–water partition coefficient (Wildman–Crippen LogP) is 1.46. The van der Waals surface area contributed by atoms with E-state index in [1.165, 1.54) is 11.3 Å². The maximum atomic E-state index is 11.8. The van der Waals surface area contributed by atoms with Crippen LogP contribution in [0.4, 0.5) is 4.79 Å². The molecule has 0 spiro atoms. The molecule has 1 N–H and O–H groups in total. The van der Waals surface area contributed by atoms with Crippen molar-refractivity contribution in [3.05, 3.63) is 16.6 Å². The third kappa shape index (κ3) is 3.41. The smallest absolute Gasteiger partial charge is 0.317 e. The summed E-state index contributed by atoms with van der Waals surface area (Å²) in [5, 5.41) is 4.82. The van der Waals surface area contributed by atoms with Gasteiger partial charge in [-0.2, -0.15) is 0 Å². The molecule has 2 amide bonds. The Bertz CT molecular complexity index is 348. The zero-order valence-corrected chi connectivity index (χ0v) is 10.7. The maximum absolute atomic E-state index is 11.8. The van der Waals surface area contributed by atoms with Gasteiger partial charge in [-0.25, -0.2) is 9.78 Å². The van der Waals surface area contributed by atoms with E-state index in [9.17, 15) is 4.79 Å². The summed E-state index contributed by atoms with van der Waals surface area (Å²) in [5.41, 5.74) is 2.68. The van der Waals surface area contributed by atoms with Crippen LogP contribution < -0.4 is 5.32 Å². The number of rotatable bonds is 3. The number of carbonyl (C=O) groups excluding carboxylic acids is 1. The van der Waals surface area contributed by atoms with Crippen molar-refractivity contribution < 1.29 is 9.53 Å². The molecule has 6 heteroatoms. The molecular weight excluding hydrogens is 238 g/mol. The maximum Gasteiger partial charge on any atom is 0.317 e. The van der Waals surface area contributed by atoms with Crippen LogP contribution in [0.3, 0.4) is 0 Å². The van der Waals surface area contributed by atoms with Crippen LogP contribution in [-0.4, -0.2) is 42.2 Å². The number of likely N-dealkylation sites (tertiary alicyclic amines) is 1. The van der Waals surface area contributed by atoms with Gasteiger partial charge in [0.05, 0.1) is 23.9 Å². The van der Waals surface area contributed by atoms with Crippen molar-refractivity contribution in [2.45, 2.75) is 25.5 Å². The van der Waals surface area contributed by atoms with E-state index in [0.717, 1.165) is 31.6 Å². The first-order chi connectivity index (χ1) is 8.29. The van der Waals surface area contributed by atoms with Gasteiger partial charge in [0.15, 0.2) is 0 Å². The Labute approximate surface area is 105 Å². The van der Waals surface area contributed by atoms with Crippen LogP contribution in [0.15, 0.2) is 10.9 Å². The lowest BCUT2D eigenvalue weighted by Gasteiger charge is -2.31. The lowest BCUT2D eigenvalue weighted by molar-refractivity contribution is 0.0503. The van der Waals surface area contributed by atoms with Gasteiger partial charge in [-0.3, -0.25) is 0 Å². The van der Waals surface area contributed by atoms with Crippen molar-refractivity contribution >= 4 is 17.4 Å². The van der Waals surface area contributed by atoms with Crippen LogP contribution >= 0.6 is 11.3 Å². The quantitative estimate of drug-likeness (QED) is 0.889. The average molecular weight is 255 g/mol. The van der Waals surface area contributed by atoms with E-state index in [2.05, 4.69) is 10.3 Å². The Morgan fingerprint density at radius 1 is 1.65 bits per heavy atom. The molecule has 0 bridgehead atoms. The molecule has 1 aliphatic heterocycles. The standard InChI is InChI=1S/C11H17N3O2S/c1-16-10-2-4-14(5-3-10)11(15)12-6-9-7-17-8-13-9/h7-8,10H,2-6H2,1H3,(H,12,15). The van der Waals surface area contributed by atoms with Crippen LogP contribution in [0.5, 0.6) is 0 Å². The van der Waals surface area contributed by atoms with Gasteiger partial charge in [-0.15, -0.1) is 11.3 Å². The minimum absolute atomic E-state index is 0.00690. The Balaban J connectivity index is 1.73. The fraction of sp³-hybridized carbons (Fsp3) is 0.636. The van der Waals surface area contributed by atoms with Gasteiger partial charge in [0.2, 0.25) is 0 Å². The molecule has 0 aromatic carbocycles. The van der Waals surface area contributed by atoms with Crippen LogP contribution in [0.25, 0.3) is 0 Å². The molecule has 0 atom stereocenters. The van der Waals surface area contributed by atoms with Gasteiger partial charge in [0.1, 0.15) is 0 Å². The second-order valence-corrected chi connectivity index (χ2v) is 4.78. The molecule has 1 aliphatic rings. The van der Waals surface area contributed by atoms with E-state index in [1.807, 2.05) is 10.3 Å². The highest BCUT2D eigenvalue weighted by atomic mass is 32.1. The number of urea groups is 1. The van der Waals surface area contributed by atoms with Gasteiger partial charge in [-0.1, -0.05) is 0 Å². The molecule has 1 fully saturated rings. The number of hydrogen-bond donors (Lipinski definition) is 1. The van der Waals surface area contributed by atoms with Gasteiger partial charge in [0, 0.05) is 25.6 Å². The minimum atomic E-state index is -0.00690. The Morgan fingerprint density at radius 2 is 2.41 bits per heavy atom. The Morgan fingerprint density at radius 3 is 3.00 bits per heavy atom. The highest BCUT2D eigenvalue weighted by Crippen LogP contribution is 2.12. The van der Waals surface area contributed by atoms with E-state index < -0.39 is 0 Å². The monoisotopic (exact) mass is 255 g/mol. The average Bonchev–Trinajstić information content (AvgIpc) is 2.89. The topological polar surface area (TPSA) is 54.5 Å². The third-order valence-corrected chi connectivity index (χ3v) is 3.60. The SMILES string of the molecule is COC1CCN(C(=O)NCc2cscn2)CC1. The zero-order chi connectivity index (χ0) is 12.1. The summed E-state index contributed by atoms with van der Waals surface area (Å²) in [7, 11) is 1.72. The number of nitrogens with zero attached hydrogens (tertiary/aromatic N) is 2. The van der Waals surface area contributed by atoms with Crippen molar-refractivity contribution in [3.63, 3.8) is 0 Å². The first kappa shape index (κ1) is 12.3. The number of carbonyl (C=O) groups is 1. The summed E-state index contributed by atoms with van der Waals surface area (Å²) < 4.78 is 5.27. The summed E-state index contributed by atoms with van der Waals surface area (Å²) in [6, 6.07) is -0.00690. The molecule has 0 saturated carbocycles. The number of methoxy groups -OCH3 is 1. The second-order valence-electron chi connectivity index (χ2n) is 4.06.